The van der Waals surface area contributed by atoms with Crippen LogP contribution in [0.5, 0.6) is 0 Å². The lowest BCUT2D eigenvalue weighted by Crippen LogP contribution is -2.20. The number of anilines is 1. The maximum atomic E-state index is 11.8. The number of benzene rings is 1. The van der Waals surface area contributed by atoms with Crippen LogP contribution in [0, 0.1) is 12.8 Å². The van der Waals surface area contributed by atoms with Gasteiger partial charge in [-0.3, -0.25) is 4.72 Å². The first-order valence-electron chi connectivity index (χ1n) is 5.55. The lowest BCUT2D eigenvalue weighted by molar-refractivity contribution is 0.0697. The smallest absolute Gasteiger partial charge is 0.335 e. The van der Waals surface area contributed by atoms with Crippen molar-refractivity contribution in [1.29, 1.82) is 0 Å². The average Bonchev–Trinajstić information content (AvgIpc) is 2.18. The van der Waals surface area contributed by atoms with E-state index in [0.29, 0.717) is 11.3 Å². The first-order chi connectivity index (χ1) is 8.21. The maximum Gasteiger partial charge on any atom is 0.335 e. The number of nitrogens with one attached hydrogen (secondary N) is 1. The zero-order chi connectivity index (χ0) is 13.9. The minimum atomic E-state index is -3.44. The predicted molar refractivity (Wildman–Crippen MR) is 70.4 cm³/mol. The molecule has 100 valence electrons. The van der Waals surface area contributed by atoms with Crippen LogP contribution >= 0.6 is 0 Å². The quantitative estimate of drug-likeness (QED) is 0.859. The molecule has 6 heteroatoms. The van der Waals surface area contributed by atoms with E-state index in [0.717, 1.165) is 0 Å². The number of carbonyl (C=O) groups is 1. The van der Waals surface area contributed by atoms with Crippen LogP contribution in [0.2, 0.25) is 0 Å². The summed E-state index contributed by atoms with van der Waals surface area (Å²) in [5.41, 5.74) is 1.06. The molecule has 0 spiro atoms. The Labute approximate surface area is 107 Å². The molecule has 0 aliphatic heterocycles. The summed E-state index contributed by atoms with van der Waals surface area (Å²) in [4.78, 5) is 10.8. The molecule has 1 aromatic carbocycles. The Kier molecular flexibility index (Phi) is 4.34. The van der Waals surface area contributed by atoms with E-state index < -0.39 is 16.0 Å². The van der Waals surface area contributed by atoms with Crippen molar-refractivity contribution in [2.45, 2.75) is 20.8 Å². The third kappa shape index (κ3) is 4.03. The summed E-state index contributed by atoms with van der Waals surface area (Å²) in [6.45, 7) is 5.33. The molecule has 0 bridgehead atoms. The van der Waals surface area contributed by atoms with E-state index >= 15 is 0 Å². The molecule has 5 nitrogen and oxygen atoms in total. The van der Waals surface area contributed by atoms with Crippen molar-refractivity contribution in [2.75, 3.05) is 10.5 Å². The van der Waals surface area contributed by atoms with Crippen LogP contribution in [0.25, 0.3) is 0 Å². The van der Waals surface area contributed by atoms with Gasteiger partial charge in [0, 0.05) is 0 Å². The highest BCUT2D eigenvalue weighted by Crippen LogP contribution is 2.19. The Hall–Kier alpha value is -1.56. The first-order valence-corrected chi connectivity index (χ1v) is 7.21. The van der Waals surface area contributed by atoms with Crippen molar-refractivity contribution in [1.82, 2.24) is 0 Å². The van der Waals surface area contributed by atoms with Gasteiger partial charge in [-0.15, -0.1) is 0 Å². The van der Waals surface area contributed by atoms with Crippen LogP contribution in [-0.2, 0) is 10.0 Å². The van der Waals surface area contributed by atoms with Crippen molar-refractivity contribution in [2.24, 2.45) is 5.92 Å². The van der Waals surface area contributed by atoms with Gasteiger partial charge in [0.2, 0.25) is 10.0 Å². The molecule has 0 unspecified atom stereocenters. The molecule has 0 amide bonds. The van der Waals surface area contributed by atoms with E-state index in [1.807, 2.05) is 0 Å². The zero-order valence-electron chi connectivity index (χ0n) is 10.6. The molecule has 2 N–H and O–H groups in total. The third-order valence-electron chi connectivity index (χ3n) is 2.30. The molecule has 0 radical (unpaired) electrons. The summed E-state index contributed by atoms with van der Waals surface area (Å²) in [5, 5.41) is 8.87. The van der Waals surface area contributed by atoms with Gasteiger partial charge in [-0.2, -0.15) is 0 Å². The van der Waals surface area contributed by atoms with E-state index in [9.17, 15) is 13.2 Å². The van der Waals surface area contributed by atoms with E-state index in [1.54, 1.807) is 26.8 Å². The predicted octanol–water partition coefficient (Wildman–Crippen LogP) is 2.09. The van der Waals surface area contributed by atoms with E-state index in [4.69, 9.17) is 5.11 Å². The van der Waals surface area contributed by atoms with Gasteiger partial charge in [0.15, 0.2) is 0 Å². The molecule has 0 aliphatic carbocycles. The Morgan fingerprint density at radius 1 is 1.39 bits per heavy atom. The Morgan fingerprint density at radius 2 is 2.00 bits per heavy atom. The van der Waals surface area contributed by atoms with Gasteiger partial charge in [0.25, 0.3) is 0 Å². The van der Waals surface area contributed by atoms with Crippen LogP contribution < -0.4 is 4.72 Å². The lowest BCUT2D eigenvalue weighted by atomic mass is 10.1. The SMILES string of the molecule is Cc1ccc(C(=O)O)cc1NS(=O)(=O)CC(C)C. The molecular formula is C12H17NO4S. The van der Waals surface area contributed by atoms with Gasteiger partial charge in [-0.25, -0.2) is 13.2 Å². The van der Waals surface area contributed by atoms with Gasteiger partial charge in [0.1, 0.15) is 0 Å². The fourth-order valence-electron chi connectivity index (χ4n) is 1.51. The fraction of sp³-hybridized carbons (Fsp3) is 0.417. The Balaban J connectivity index is 3.04. The molecule has 0 saturated carbocycles. The maximum absolute atomic E-state index is 11.8. The zero-order valence-corrected chi connectivity index (χ0v) is 11.4. The summed E-state index contributed by atoms with van der Waals surface area (Å²) < 4.78 is 26.0. The Morgan fingerprint density at radius 3 is 2.50 bits per heavy atom. The highest BCUT2D eigenvalue weighted by Gasteiger charge is 2.15. The molecule has 0 fully saturated rings. The third-order valence-corrected chi connectivity index (χ3v) is 3.94. The highest BCUT2D eigenvalue weighted by molar-refractivity contribution is 7.92. The standard InChI is InChI=1S/C12H17NO4S/c1-8(2)7-18(16,17)13-11-6-10(12(14)15)5-4-9(11)3/h4-6,8,13H,7H2,1-3H3,(H,14,15). The lowest BCUT2D eigenvalue weighted by Gasteiger charge is -2.12. The molecule has 0 heterocycles. The highest BCUT2D eigenvalue weighted by atomic mass is 32.2. The number of hydrogen-bond acceptors (Lipinski definition) is 3. The second-order valence-electron chi connectivity index (χ2n) is 4.61. The van der Waals surface area contributed by atoms with Crippen molar-refractivity contribution in [3.8, 4) is 0 Å². The summed E-state index contributed by atoms with van der Waals surface area (Å²) in [6.07, 6.45) is 0. The minimum Gasteiger partial charge on any atom is -0.478 e. The van der Waals surface area contributed by atoms with E-state index in [1.165, 1.54) is 12.1 Å². The monoisotopic (exact) mass is 271 g/mol. The van der Waals surface area contributed by atoms with Crippen LogP contribution in [0.4, 0.5) is 5.69 Å². The minimum absolute atomic E-state index is 0.00371. The first kappa shape index (κ1) is 14.5. The number of rotatable bonds is 5. The second kappa shape index (κ2) is 5.39. The van der Waals surface area contributed by atoms with Crippen LogP contribution in [0.15, 0.2) is 18.2 Å². The van der Waals surface area contributed by atoms with Gasteiger partial charge >= 0.3 is 5.97 Å². The second-order valence-corrected chi connectivity index (χ2v) is 6.38. The summed E-state index contributed by atoms with van der Waals surface area (Å²) >= 11 is 0. The number of aryl methyl sites for hydroxylation is 1. The van der Waals surface area contributed by atoms with Crippen LogP contribution in [0.3, 0.4) is 0 Å². The number of carboxylic acid groups (broad SMARTS) is 1. The molecule has 0 aromatic heterocycles. The fourth-order valence-corrected chi connectivity index (χ4v) is 3.03. The average molecular weight is 271 g/mol. The van der Waals surface area contributed by atoms with Crippen LogP contribution in [-0.4, -0.2) is 25.2 Å². The molecule has 0 aliphatic rings. The van der Waals surface area contributed by atoms with Crippen molar-refractivity contribution < 1.29 is 18.3 Å². The summed E-state index contributed by atoms with van der Waals surface area (Å²) in [7, 11) is -3.44. The molecule has 18 heavy (non-hydrogen) atoms. The van der Waals surface area contributed by atoms with Crippen molar-refractivity contribution in [3.63, 3.8) is 0 Å². The topological polar surface area (TPSA) is 83.5 Å². The number of hydrogen-bond donors (Lipinski definition) is 2. The molecule has 0 atom stereocenters. The van der Waals surface area contributed by atoms with Gasteiger partial charge in [-0.05, 0) is 30.5 Å². The molecular weight excluding hydrogens is 254 g/mol. The number of sulfonamides is 1. The number of carboxylic acids is 1. The van der Waals surface area contributed by atoms with Gasteiger partial charge in [0.05, 0.1) is 17.0 Å². The normalized spacial score (nSPS) is 11.6. The van der Waals surface area contributed by atoms with Crippen LogP contribution in [0.1, 0.15) is 29.8 Å². The molecule has 1 rings (SSSR count). The largest absolute Gasteiger partial charge is 0.478 e. The molecule has 1 aromatic rings. The van der Waals surface area contributed by atoms with Gasteiger partial charge in [-0.1, -0.05) is 19.9 Å². The number of aromatic carboxylic acids is 1. The van der Waals surface area contributed by atoms with E-state index in [2.05, 4.69) is 4.72 Å². The van der Waals surface area contributed by atoms with E-state index in [-0.39, 0.29) is 17.2 Å². The van der Waals surface area contributed by atoms with Crippen molar-refractivity contribution in [3.05, 3.63) is 29.3 Å². The Bertz CT molecular complexity index is 549. The van der Waals surface area contributed by atoms with Gasteiger partial charge < -0.3 is 5.11 Å². The summed E-state index contributed by atoms with van der Waals surface area (Å²) in [6, 6.07) is 4.35. The van der Waals surface area contributed by atoms with Crippen molar-refractivity contribution >= 4 is 21.7 Å². The molecule has 0 saturated heterocycles. The summed E-state index contributed by atoms with van der Waals surface area (Å²) in [5.74, 6) is -1.08.